The van der Waals surface area contributed by atoms with Gasteiger partial charge in [-0.2, -0.15) is 5.26 Å². The van der Waals surface area contributed by atoms with Crippen LogP contribution in [0.25, 0.3) is 0 Å². The minimum atomic E-state index is 0.184. The third-order valence-electron chi connectivity index (χ3n) is 2.50. The minimum absolute atomic E-state index is 0.184. The van der Waals surface area contributed by atoms with Crippen molar-refractivity contribution in [3.63, 3.8) is 0 Å². The molecule has 2 nitrogen and oxygen atoms in total. The minimum Gasteiger partial charge on any atom is -0.299 e. The van der Waals surface area contributed by atoms with Gasteiger partial charge in [0, 0.05) is 6.04 Å². The van der Waals surface area contributed by atoms with Gasteiger partial charge in [0.05, 0.1) is 12.1 Å². The summed E-state index contributed by atoms with van der Waals surface area (Å²) in [5, 5.41) is 11.9. The second kappa shape index (κ2) is 1.71. The maximum absolute atomic E-state index is 8.58. The molecule has 0 radical (unpaired) electrons. The van der Waals surface area contributed by atoms with Crippen LogP contribution in [-0.2, 0) is 0 Å². The molecule has 2 heteroatoms. The molecule has 0 aromatic rings. The monoisotopic (exact) mass is 122 g/mol. The maximum atomic E-state index is 8.58. The Morgan fingerprint density at radius 1 is 1.44 bits per heavy atom. The zero-order valence-electron chi connectivity index (χ0n) is 5.30. The van der Waals surface area contributed by atoms with Crippen LogP contribution in [0.3, 0.4) is 0 Å². The lowest BCUT2D eigenvalue weighted by Crippen LogP contribution is -2.33. The molecule has 2 rings (SSSR count). The van der Waals surface area contributed by atoms with Gasteiger partial charge >= 0.3 is 0 Å². The molecule has 0 amide bonds. The number of nitriles is 1. The average molecular weight is 122 g/mol. The third-order valence-corrected chi connectivity index (χ3v) is 2.50. The van der Waals surface area contributed by atoms with Gasteiger partial charge in [0.15, 0.2) is 0 Å². The number of fused-ring (bicyclic) bond motifs is 2. The SMILES string of the molecule is N#C[C@@H]1NC2CCC1C2. The van der Waals surface area contributed by atoms with Gasteiger partial charge < -0.3 is 0 Å². The van der Waals surface area contributed by atoms with Crippen LogP contribution in [0.4, 0.5) is 0 Å². The highest BCUT2D eigenvalue weighted by Crippen LogP contribution is 2.34. The highest BCUT2D eigenvalue weighted by atomic mass is 15.0. The van der Waals surface area contributed by atoms with Gasteiger partial charge in [-0.3, -0.25) is 5.32 Å². The summed E-state index contributed by atoms with van der Waals surface area (Å²) in [4.78, 5) is 0. The van der Waals surface area contributed by atoms with Crippen molar-refractivity contribution < 1.29 is 0 Å². The first-order valence-electron chi connectivity index (χ1n) is 3.56. The molecule has 3 atom stereocenters. The van der Waals surface area contributed by atoms with E-state index in [0.717, 1.165) is 0 Å². The molecule has 2 bridgehead atoms. The van der Waals surface area contributed by atoms with Crippen molar-refractivity contribution >= 4 is 0 Å². The van der Waals surface area contributed by atoms with Gasteiger partial charge in [-0.15, -0.1) is 0 Å². The topological polar surface area (TPSA) is 35.8 Å². The molecule has 1 N–H and O–H groups in total. The van der Waals surface area contributed by atoms with E-state index in [2.05, 4.69) is 11.4 Å². The maximum Gasteiger partial charge on any atom is 0.0984 e. The number of piperidine rings is 1. The third kappa shape index (κ3) is 0.650. The summed E-state index contributed by atoms with van der Waals surface area (Å²) < 4.78 is 0. The molecular formula is C7H10N2. The first-order valence-corrected chi connectivity index (χ1v) is 3.56. The van der Waals surface area contributed by atoms with Gasteiger partial charge in [0.2, 0.25) is 0 Å². The first kappa shape index (κ1) is 5.25. The number of hydrogen-bond acceptors (Lipinski definition) is 2. The Bertz CT molecular complexity index is 159. The van der Waals surface area contributed by atoms with Crippen LogP contribution in [-0.4, -0.2) is 12.1 Å². The van der Waals surface area contributed by atoms with E-state index >= 15 is 0 Å². The van der Waals surface area contributed by atoms with E-state index < -0.39 is 0 Å². The Balaban J connectivity index is 2.12. The van der Waals surface area contributed by atoms with Crippen molar-refractivity contribution in [1.82, 2.24) is 5.32 Å². The number of nitrogens with one attached hydrogen (secondary N) is 1. The molecule has 2 unspecified atom stereocenters. The zero-order valence-corrected chi connectivity index (χ0v) is 5.30. The molecule has 0 spiro atoms. The summed E-state index contributed by atoms with van der Waals surface area (Å²) in [5.41, 5.74) is 0. The van der Waals surface area contributed by atoms with E-state index in [1.54, 1.807) is 0 Å². The Kier molecular flexibility index (Phi) is 1.000. The van der Waals surface area contributed by atoms with Crippen molar-refractivity contribution in [2.45, 2.75) is 31.3 Å². The molecule has 9 heavy (non-hydrogen) atoms. The van der Waals surface area contributed by atoms with Crippen molar-refractivity contribution in [3.05, 3.63) is 0 Å². The Hall–Kier alpha value is -0.550. The Morgan fingerprint density at radius 3 is 2.67 bits per heavy atom. The second-order valence-electron chi connectivity index (χ2n) is 3.04. The number of hydrogen-bond donors (Lipinski definition) is 1. The van der Waals surface area contributed by atoms with Crippen LogP contribution in [0.15, 0.2) is 0 Å². The molecule has 48 valence electrons. The predicted octanol–water partition coefficient (Wildman–Crippen LogP) is 0.650. The summed E-state index contributed by atoms with van der Waals surface area (Å²) in [6.45, 7) is 0. The van der Waals surface area contributed by atoms with Crippen molar-refractivity contribution in [2.75, 3.05) is 0 Å². The fourth-order valence-corrected chi connectivity index (χ4v) is 2.00. The van der Waals surface area contributed by atoms with Crippen LogP contribution in [0.1, 0.15) is 19.3 Å². The number of rotatable bonds is 0. The van der Waals surface area contributed by atoms with Crippen molar-refractivity contribution in [1.29, 1.82) is 5.26 Å². The van der Waals surface area contributed by atoms with Crippen LogP contribution >= 0.6 is 0 Å². The van der Waals surface area contributed by atoms with Gasteiger partial charge in [0.25, 0.3) is 0 Å². The summed E-state index contributed by atoms with van der Waals surface area (Å²) in [6, 6.07) is 3.15. The fourth-order valence-electron chi connectivity index (χ4n) is 2.00. The van der Waals surface area contributed by atoms with E-state index in [9.17, 15) is 0 Å². The zero-order chi connectivity index (χ0) is 6.27. The van der Waals surface area contributed by atoms with Crippen molar-refractivity contribution in [3.8, 4) is 6.07 Å². The fraction of sp³-hybridized carbons (Fsp3) is 0.857. The standard InChI is InChI=1S/C7H10N2/c8-4-7-5-1-2-6(3-5)9-7/h5-7,9H,1-3H2/t5?,6?,7-/m0/s1. The second-order valence-corrected chi connectivity index (χ2v) is 3.04. The largest absolute Gasteiger partial charge is 0.299 e. The summed E-state index contributed by atoms with van der Waals surface area (Å²) >= 11 is 0. The summed E-state index contributed by atoms with van der Waals surface area (Å²) in [6.07, 6.45) is 3.82. The molecule has 1 heterocycles. The lowest BCUT2D eigenvalue weighted by Gasteiger charge is -2.15. The molecule has 1 saturated heterocycles. The molecule has 0 aromatic carbocycles. The smallest absolute Gasteiger partial charge is 0.0984 e. The molecule has 2 fully saturated rings. The van der Waals surface area contributed by atoms with Crippen LogP contribution < -0.4 is 5.32 Å². The lowest BCUT2D eigenvalue weighted by atomic mass is 10.0. The van der Waals surface area contributed by atoms with E-state index in [1.807, 2.05) is 0 Å². The van der Waals surface area contributed by atoms with E-state index in [1.165, 1.54) is 19.3 Å². The highest BCUT2D eigenvalue weighted by molar-refractivity contribution is 5.06. The Labute approximate surface area is 54.9 Å². The van der Waals surface area contributed by atoms with Crippen LogP contribution in [0.5, 0.6) is 0 Å². The van der Waals surface area contributed by atoms with E-state index in [0.29, 0.717) is 12.0 Å². The van der Waals surface area contributed by atoms with Crippen LogP contribution in [0, 0.1) is 17.2 Å². The van der Waals surface area contributed by atoms with Gasteiger partial charge in [-0.25, -0.2) is 0 Å². The van der Waals surface area contributed by atoms with E-state index in [4.69, 9.17) is 5.26 Å². The first-order chi connectivity index (χ1) is 4.40. The average Bonchev–Trinajstić information content (AvgIpc) is 2.45. The summed E-state index contributed by atoms with van der Waals surface area (Å²) in [5.74, 6) is 0.681. The van der Waals surface area contributed by atoms with Gasteiger partial charge in [-0.05, 0) is 25.2 Å². The highest BCUT2D eigenvalue weighted by Gasteiger charge is 2.38. The van der Waals surface area contributed by atoms with Crippen LogP contribution in [0.2, 0.25) is 0 Å². The molecule has 1 aliphatic carbocycles. The lowest BCUT2D eigenvalue weighted by molar-refractivity contribution is 0.443. The predicted molar refractivity (Wildman–Crippen MR) is 33.7 cm³/mol. The number of nitrogens with zero attached hydrogens (tertiary/aromatic N) is 1. The molecule has 2 aliphatic rings. The van der Waals surface area contributed by atoms with Gasteiger partial charge in [0.1, 0.15) is 0 Å². The van der Waals surface area contributed by atoms with Crippen molar-refractivity contribution in [2.24, 2.45) is 5.92 Å². The molecule has 0 aromatic heterocycles. The molecule has 1 aliphatic heterocycles. The molecule has 1 saturated carbocycles. The Morgan fingerprint density at radius 2 is 2.33 bits per heavy atom. The normalized spacial score (nSPS) is 47.2. The quantitative estimate of drug-likeness (QED) is 0.512. The van der Waals surface area contributed by atoms with Gasteiger partial charge in [-0.1, -0.05) is 0 Å². The molecular weight excluding hydrogens is 112 g/mol. The summed E-state index contributed by atoms with van der Waals surface area (Å²) in [7, 11) is 0. The van der Waals surface area contributed by atoms with E-state index in [-0.39, 0.29) is 6.04 Å².